The number of benzene rings is 1. The Labute approximate surface area is 206 Å². The van der Waals surface area contributed by atoms with E-state index in [1.807, 2.05) is 52.7 Å². The monoisotopic (exact) mass is 483 g/mol. The molecular weight excluding hydrogens is 458 g/mol. The number of hydrogen-bond acceptors (Lipinski definition) is 7. The van der Waals surface area contributed by atoms with Crippen LogP contribution in [0.25, 0.3) is 22.1 Å². The minimum Gasteiger partial charge on any atom is -0.495 e. The summed E-state index contributed by atoms with van der Waals surface area (Å²) < 4.78 is 9.19. The van der Waals surface area contributed by atoms with E-state index in [0.29, 0.717) is 41.6 Å². The minimum atomic E-state index is -0.162. The van der Waals surface area contributed by atoms with Gasteiger partial charge in [-0.1, -0.05) is 12.1 Å². The fraction of sp³-hybridized carbons (Fsp3) is 0.269. The Morgan fingerprint density at radius 1 is 1.11 bits per heavy atom. The maximum Gasteiger partial charge on any atom is 0.327 e. The van der Waals surface area contributed by atoms with Gasteiger partial charge in [0, 0.05) is 55.6 Å². The van der Waals surface area contributed by atoms with Crippen LogP contribution >= 0.6 is 0 Å². The third-order valence-corrected chi connectivity index (χ3v) is 6.96. The SMILES string of the molecule is COc1cccc2c(C(=O)c3cc(N4CCC(n5c(=O)[nH]c6ncccc65)CC4)ncn3)cn(C)c12. The van der Waals surface area contributed by atoms with Gasteiger partial charge in [-0.3, -0.25) is 14.3 Å². The number of piperidine rings is 1. The van der Waals surface area contributed by atoms with Gasteiger partial charge in [0.15, 0.2) is 5.65 Å². The highest BCUT2D eigenvalue weighted by molar-refractivity contribution is 6.16. The van der Waals surface area contributed by atoms with Crippen molar-refractivity contribution in [3.8, 4) is 5.75 Å². The lowest BCUT2D eigenvalue weighted by molar-refractivity contribution is 0.103. The van der Waals surface area contributed by atoms with Gasteiger partial charge in [-0.05, 0) is 31.0 Å². The first-order valence-corrected chi connectivity index (χ1v) is 11.8. The fourth-order valence-electron chi connectivity index (χ4n) is 5.23. The molecule has 0 bridgehead atoms. The maximum atomic E-state index is 13.5. The van der Waals surface area contributed by atoms with Crippen molar-refractivity contribution in [1.82, 2.24) is 29.1 Å². The Balaban J connectivity index is 1.24. The highest BCUT2D eigenvalue weighted by atomic mass is 16.5. The third kappa shape index (κ3) is 3.53. The number of hydrogen-bond donors (Lipinski definition) is 1. The molecule has 182 valence electrons. The molecule has 1 aliphatic rings. The largest absolute Gasteiger partial charge is 0.495 e. The molecule has 1 N–H and O–H groups in total. The molecule has 0 atom stereocenters. The molecule has 0 aliphatic carbocycles. The summed E-state index contributed by atoms with van der Waals surface area (Å²) in [7, 11) is 3.52. The van der Waals surface area contributed by atoms with Gasteiger partial charge in [0.2, 0.25) is 5.78 Å². The molecule has 1 aromatic carbocycles. The number of nitrogens with zero attached hydrogens (tertiary/aromatic N) is 6. The normalized spacial score (nSPS) is 14.6. The Bertz CT molecular complexity index is 1660. The van der Waals surface area contributed by atoms with Gasteiger partial charge in [-0.2, -0.15) is 0 Å². The molecule has 4 aromatic heterocycles. The summed E-state index contributed by atoms with van der Waals surface area (Å²) in [5.74, 6) is 1.26. The first-order valence-electron chi connectivity index (χ1n) is 11.8. The number of ketones is 1. The van der Waals surface area contributed by atoms with E-state index >= 15 is 0 Å². The van der Waals surface area contributed by atoms with E-state index in [0.717, 1.165) is 29.3 Å². The molecule has 1 aliphatic heterocycles. The Morgan fingerprint density at radius 2 is 1.94 bits per heavy atom. The number of fused-ring (bicyclic) bond motifs is 2. The second-order valence-corrected chi connectivity index (χ2v) is 8.99. The summed E-state index contributed by atoms with van der Waals surface area (Å²) >= 11 is 0. The lowest BCUT2D eigenvalue weighted by atomic mass is 10.0. The van der Waals surface area contributed by atoms with Crippen molar-refractivity contribution in [3.05, 3.63) is 76.9 Å². The number of para-hydroxylation sites is 1. The zero-order valence-corrected chi connectivity index (χ0v) is 20.0. The van der Waals surface area contributed by atoms with Crippen LogP contribution in [-0.4, -0.2) is 55.1 Å². The summed E-state index contributed by atoms with van der Waals surface area (Å²) in [4.78, 5) is 44.0. The number of imidazole rings is 1. The van der Waals surface area contributed by atoms with E-state index in [1.165, 1.54) is 6.33 Å². The zero-order chi connectivity index (χ0) is 24.8. The summed E-state index contributed by atoms with van der Waals surface area (Å²) in [5, 5.41) is 0.821. The topological polar surface area (TPSA) is 111 Å². The van der Waals surface area contributed by atoms with E-state index in [9.17, 15) is 9.59 Å². The van der Waals surface area contributed by atoms with Gasteiger partial charge >= 0.3 is 5.69 Å². The summed E-state index contributed by atoms with van der Waals surface area (Å²) in [6.45, 7) is 1.42. The second kappa shape index (κ2) is 8.63. The fourth-order valence-corrected chi connectivity index (χ4v) is 5.23. The number of anilines is 1. The molecular formula is C26H25N7O3. The van der Waals surface area contributed by atoms with Gasteiger partial charge in [0.25, 0.3) is 0 Å². The molecule has 0 spiro atoms. The number of carbonyl (C=O) groups excluding carboxylic acids is 1. The highest BCUT2D eigenvalue weighted by Crippen LogP contribution is 2.31. The average molecular weight is 484 g/mol. The van der Waals surface area contributed by atoms with Crippen LogP contribution in [0.5, 0.6) is 5.75 Å². The predicted molar refractivity (Wildman–Crippen MR) is 136 cm³/mol. The quantitative estimate of drug-likeness (QED) is 0.383. The number of aromatic nitrogens is 6. The van der Waals surface area contributed by atoms with Gasteiger partial charge < -0.3 is 14.2 Å². The number of carbonyl (C=O) groups is 1. The second-order valence-electron chi connectivity index (χ2n) is 8.99. The third-order valence-electron chi connectivity index (χ3n) is 6.96. The van der Waals surface area contributed by atoms with Crippen LogP contribution in [0.3, 0.4) is 0 Å². The molecule has 0 saturated carbocycles. The number of H-pyrrole nitrogens is 1. The van der Waals surface area contributed by atoms with Gasteiger partial charge in [-0.25, -0.2) is 19.7 Å². The van der Waals surface area contributed by atoms with Gasteiger partial charge in [-0.15, -0.1) is 0 Å². The number of pyridine rings is 1. The van der Waals surface area contributed by atoms with Gasteiger partial charge in [0.05, 0.1) is 18.1 Å². The van der Waals surface area contributed by atoms with Crippen LogP contribution in [0.1, 0.15) is 34.9 Å². The molecule has 0 unspecified atom stereocenters. The number of ether oxygens (including phenoxy) is 1. The average Bonchev–Trinajstić information content (AvgIpc) is 3.44. The lowest BCUT2D eigenvalue weighted by Crippen LogP contribution is -2.37. The Morgan fingerprint density at radius 3 is 2.75 bits per heavy atom. The van der Waals surface area contributed by atoms with E-state index in [2.05, 4.69) is 24.8 Å². The van der Waals surface area contributed by atoms with Crippen molar-refractivity contribution in [3.63, 3.8) is 0 Å². The zero-order valence-electron chi connectivity index (χ0n) is 20.0. The van der Waals surface area contributed by atoms with Crippen molar-refractivity contribution >= 4 is 33.7 Å². The number of aromatic amines is 1. The highest BCUT2D eigenvalue weighted by Gasteiger charge is 2.26. The molecule has 10 nitrogen and oxygen atoms in total. The van der Waals surface area contributed by atoms with E-state index in [4.69, 9.17) is 4.74 Å². The minimum absolute atomic E-state index is 0.0697. The molecule has 10 heteroatoms. The summed E-state index contributed by atoms with van der Waals surface area (Å²) in [5.41, 5.74) is 3.07. The molecule has 5 heterocycles. The number of rotatable bonds is 5. The van der Waals surface area contributed by atoms with Crippen molar-refractivity contribution in [2.75, 3.05) is 25.1 Å². The lowest BCUT2D eigenvalue weighted by Gasteiger charge is -2.33. The van der Waals surface area contributed by atoms with Crippen molar-refractivity contribution in [2.24, 2.45) is 7.05 Å². The number of aryl methyl sites for hydroxylation is 1. The summed E-state index contributed by atoms with van der Waals surface area (Å²) in [6, 6.07) is 11.3. The van der Waals surface area contributed by atoms with Crippen LogP contribution in [0.15, 0.2) is 59.9 Å². The molecule has 1 fully saturated rings. The van der Waals surface area contributed by atoms with Crippen LogP contribution in [0, 0.1) is 0 Å². The van der Waals surface area contributed by atoms with Gasteiger partial charge in [0.1, 0.15) is 23.6 Å². The Kier molecular flexibility index (Phi) is 5.28. The number of nitrogens with one attached hydrogen (secondary N) is 1. The first-order chi connectivity index (χ1) is 17.5. The number of methoxy groups -OCH3 is 1. The van der Waals surface area contributed by atoms with Crippen LogP contribution in [-0.2, 0) is 7.05 Å². The van der Waals surface area contributed by atoms with Crippen LogP contribution in [0.4, 0.5) is 5.82 Å². The molecule has 5 aromatic rings. The van der Waals surface area contributed by atoms with E-state index in [-0.39, 0.29) is 17.5 Å². The molecule has 36 heavy (non-hydrogen) atoms. The van der Waals surface area contributed by atoms with Crippen LogP contribution in [0.2, 0.25) is 0 Å². The Hall–Kier alpha value is -4.47. The molecule has 0 radical (unpaired) electrons. The smallest absolute Gasteiger partial charge is 0.327 e. The van der Waals surface area contributed by atoms with Crippen molar-refractivity contribution < 1.29 is 9.53 Å². The van der Waals surface area contributed by atoms with Crippen molar-refractivity contribution in [2.45, 2.75) is 18.9 Å². The first kappa shape index (κ1) is 22.0. The predicted octanol–water partition coefficient (Wildman–Crippen LogP) is 3.09. The molecule has 6 rings (SSSR count). The summed E-state index contributed by atoms with van der Waals surface area (Å²) in [6.07, 6.45) is 6.48. The standard InChI is InChI=1S/C26H25N7O3/c1-31-14-18(17-5-3-7-21(36-2)23(17)31)24(34)19-13-22(29-15-28-19)32-11-8-16(9-12-32)33-20-6-4-10-27-25(20)30-26(33)35/h3-7,10,13-16H,8-9,11-12H2,1-2H3,(H,27,30,35). The maximum absolute atomic E-state index is 13.5. The van der Waals surface area contributed by atoms with E-state index in [1.54, 1.807) is 19.4 Å². The molecule has 0 amide bonds. The van der Waals surface area contributed by atoms with Crippen LogP contribution < -0.4 is 15.3 Å². The van der Waals surface area contributed by atoms with E-state index < -0.39 is 0 Å². The van der Waals surface area contributed by atoms with Crippen molar-refractivity contribution in [1.29, 1.82) is 0 Å². The molecule has 1 saturated heterocycles.